The fraction of sp³-hybridized carbons (Fsp3) is 0.214. The molecule has 0 saturated carbocycles. The molecule has 0 bridgehead atoms. The summed E-state index contributed by atoms with van der Waals surface area (Å²) in [6.07, 6.45) is 0.861. The third kappa shape index (κ3) is 2.56. The molecule has 3 heteroatoms. The minimum absolute atomic E-state index is 0.623. The monoisotopic (exact) mass is 246 g/mol. The van der Waals surface area contributed by atoms with E-state index >= 15 is 0 Å². The Balaban J connectivity index is 2.51. The molecule has 88 valence electrons. The van der Waals surface area contributed by atoms with Crippen molar-refractivity contribution in [3.8, 4) is 16.2 Å². The second-order valence-electron chi connectivity index (χ2n) is 3.72. The van der Waals surface area contributed by atoms with Gasteiger partial charge in [0.1, 0.15) is 12.0 Å². The van der Waals surface area contributed by atoms with E-state index in [1.165, 1.54) is 4.88 Å². The van der Waals surface area contributed by atoms with Gasteiger partial charge in [0.05, 0.1) is 6.61 Å². The molecule has 0 aliphatic heterocycles. The minimum atomic E-state index is 0.623. The van der Waals surface area contributed by atoms with Crippen LogP contribution in [0.5, 0.6) is 5.75 Å². The van der Waals surface area contributed by atoms with Gasteiger partial charge >= 0.3 is 0 Å². The van der Waals surface area contributed by atoms with Crippen molar-refractivity contribution in [3.05, 3.63) is 40.8 Å². The standard InChI is InChI=1S/C14H14O2S/c1-3-16-13-6-5-11(9-15)8-12(13)14-7-4-10(2)17-14/h4-9H,3H2,1-2H3. The molecule has 0 aliphatic carbocycles. The van der Waals surface area contributed by atoms with Gasteiger partial charge in [-0.1, -0.05) is 0 Å². The number of rotatable bonds is 4. The first-order valence-corrected chi connectivity index (χ1v) is 6.35. The Bertz CT molecular complexity index is 529. The predicted octanol–water partition coefficient (Wildman–Crippen LogP) is 3.93. The molecular formula is C14H14O2S. The van der Waals surface area contributed by atoms with E-state index in [-0.39, 0.29) is 0 Å². The van der Waals surface area contributed by atoms with E-state index in [0.717, 1.165) is 22.5 Å². The summed E-state index contributed by atoms with van der Waals surface area (Å²) in [7, 11) is 0. The van der Waals surface area contributed by atoms with Gasteiger partial charge in [-0.05, 0) is 44.2 Å². The topological polar surface area (TPSA) is 26.3 Å². The van der Waals surface area contributed by atoms with Crippen LogP contribution < -0.4 is 4.74 Å². The number of aldehydes is 1. The second kappa shape index (κ2) is 5.15. The van der Waals surface area contributed by atoms with E-state index in [1.54, 1.807) is 17.4 Å². The third-order valence-corrected chi connectivity index (χ3v) is 3.48. The summed E-state index contributed by atoms with van der Waals surface area (Å²) in [5.74, 6) is 0.833. The van der Waals surface area contributed by atoms with Crippen molar-refractivity contribution in [3.63, 3.8) is 0 Å². The van der Waals surface area contributed by atoms with Gasteiger partial charge in [0.2, 0.25) is 0 Å². The lowest BCUT2D eigenvalue weighted by atomic mass is 10.1. The Kier molecular flexibility index (Phi) is 3.59. The largest absolute Gasteiger partial charge is 0.493 e. The average Bonchev–Trinajstić information content (AvgIpc) is 2.77. The maximum atomic E-state index is 10.8. The SMILES string of the molecule is CCOc1ccc(C=O)cc1-c1ccc(C)s1. The van der Waals surface area contributed by atoms with Gasteiger partial charge in [-0.3, -0.25) is 4.79 Å². The number of carbonyl (C=O) groups is 1. The highest BCUT2D eigenvalue weighted by atomic mass is 32.1. The fourth-order valence-electron chi connectivity index (χ4n) is 1.67. The lowest BCUT2D eigenvalue weighted by molar-refractivity contribution is 0.112. The van der Waals surface area contributed by atoms with Crippen LogP contribution in [0.2, 0.25) is 0 Å². The molecule has 1 heterocycles. The van der Waals surface area contributed by atoms with Crippen molar-refractivity contribution in [2.45, 2.75) is 13.8 Å². The Morgan fingerprint density at radius 2 is 2.12 bits per heavy atom. The number of hydrogen-bond acceptors (Lipinski definition) is 3. The van der Waals surface area contributed by atoms with Crippen LogP contribution in [0.15, 0.2) is 30.3 Å². The zero-order valence-electron chi connectivity index (χ0n) is 9.90. The van der Waals surface area contributed by atoms with Crippen LogP contribution in [-0.2, 0) is 0 Å². The van der Waals surface area contributed by atoms with Crippen molar-refractivity contribution < 1.29 is 9.53 Å². The number of ether oxygens (including phenoxy) is 1. The van der Waals surface area contributed by atoms with Gasteiger partial charge < -0.3 is 4.74 Å². The lowest BCUT2D eigenvalue weighted by Crippen LogP contribution is -1.94. The number of aryl methyl sites for hydroxylation is 1. The molecular weight excluding hydrogens is 232 g/mol. The van der Waals surface area contributed by atoms with Crippen LogP contribution in [0.25, 0.3) is 10.4 Å². The van der Waals surface area contributed by atoms with Crippen molar-refractivity contribution in [1.82, 2.24) is 0 Å². The second-order valence-corrected chi connectivity index (χ2v) is 5.00. The lowest BCUT2D eigenvalue weighted by Gasteiger charge is -2.09. The maximum Gasteiger partial charge on any atom is 0.150 e. The average molecular weight is 246 g/mol. The molecule has 0 unspecified atom stereocenters. The van der Waals surface area contributed by atoms with Crippen LogP contribution >= 0.6 is 11.3 Å². The molecule has 1 aromatic heterocycles. The van der Waals surface area contributed by atoms with E-state index in [4.69, 9.17) is 4.74 Å². The Morgan fingerprint density at radius 1 is 1.29 bits per heavy atom. The molecule has 0 saturated heterocycles. The van der Waals surface area contributed by atoms with E-state index in [0.29, 0.717) is 12.2 Å². The van der Waals surface area contributed by atoms with Gasteiger partial charge in [-0.2, -0.15) is 0 Å². The molecule has 2 nitrogen and oxygen atoms in total. The summed E-state index contributed by atoms with van der Waals surface area (Å²) < 4.78 is 5.59. The number of thiophene rings is 1. The molecule has 0 spiro atoms. The summed E-state index contributed by atoms with van der Waals surface area (Å²) in [5, 5.41) is 0. The highest BCUT2D eigenvalue weighted by molar-refractivity contribution is 7.15. The Labute approximate surface area is 105 Å². The summed E-state index contributed by atoms with van der Waals surface area (Å²) in [4.78, 5) is 13.2. The van der Waals surface area contributed by atoms with Crippen molar-refractivity contribution in [2.24, 2.45) is 0 Å². The fourth-order valence-corrected chi connectivity index (χ4v) is 2.56. The molecule has 2 aromatic rings. The first-order chi connectivity index (χ1) is 8.24. The van der Waals surface area contributed by atoms with Crippen LogP contribution in [0.1, 0.15) is 22.2 Å². The van der Waals surface area contributed by atoms with Crippen molar-refractivity contribution in [1.29, 1.82) is 0 Å². The summed E-state index contributed by atoms with van der Waals surface area (Å²) >= 11 is 1.70. The quantitative estimate of drug-likeness (QED) is 0.764. The Hall–Kier alpha value is -1.61. The minimum Gasteiger partial charge on any atom is -0.493 e. The number of benzene rings is 1. The molecule has 0 radical (unpaired) electrons. The first-order valence-electron chi connectivity index (χ1n) is 5.53. The molecule has 0 N–H and O–H groups in total. The van der Waals surface area contributed by atoms with E-state index in [9.17, 15) is 4.79 Å². The summed E-state index contributed by atoms with van der Waals surface area (Å²) in [6, 6.07) is 9.65. The van der Waals surface area contributed by atoms with Crippen LogP contribution in [-0.4, -0.2) is 12.9 Å². The highest BCUT2D eigenvalue weighted by Gasteiger charge is 2.09. The zero-order valence-corrected chi connectivity index (χ0v) is 10.7. The van der Waals surface area contributed by atoms with E-state index in [1.807, 2.05) is 19.1 Å². The van der Waals surface area contributed by atoms with Gasteiger partial charge in [-0.15, -0.1) is 11.3 Å². The number of hydrogen-bond donors (Lipinski definition) is 0. The predicted molar refractivity (Wildman–Crippen MR) is 71.0 cm³/mol. The summed E-state index contributed by atoms with van der Waals surface area (Å²) in [5.41, 5.74) is 1.67. The van der Waals surface area contributed by atoms with Gasteiger partial charge in [0, 0.05) is 20.9 Å². The molecule has 0 atom stereocenters. The molecule has 0 amide bonds. The first kappa shape index (κ1) is 11.9. The van der Waals surface area contributed by atoms with Crippen LogP contribution in [0.3, 0.4) is 0 Å². The molecule has 0 aliphatic rings. The zero-order chi connectivity index (χ0) is 12.3. The molecule has 2 rings (SSSR count). The van der Waals surface area contributed by atoms with Crippen molar-refractivity contribution in [2.75, 3.05) is 6.61 Å². The van der Waals surface area contributed by atoms with E-state index < -0.39 is 0 Å². The van der Waals surface area contributed by atoms with Crippen molar-refractivity contribution >= 4 is 17.6 Å². The smallest absolute Gasteiger partial charge is 0.150 e. The van der Waals surface area contributed by atoms with Gasteiger partial charge in [0.25, 0.3) is 0 Å². The van der Waals surface area contributed by atoms with Gasteiger partial charge in [-0.25, -0.2) is 0 Å². The van der Waals surface area contributed by atoms with E-state index in [2.05, 4.69) is 19.1 Å². The molecule has 1 aromatic carbocycles. The molecule has 17 heavy (non-hydrogen) atoms. The maximum absolute atomic E-state index is 10.8. The summed E-state index contributed by atoms with van der Waals surface area (Å²) in [6.45, 7) is 4.65. The Morgan fingerprint density at radius 3 is 2.71 bits per heavy atom. The van der Waals surface area contributed by atoms with Gasteiger partial charge in [0.15, 0.2) is 0 Å². The van der Waals surface area contributed by atoms with Crippen LogP contribution in [0.4, 0.5) is 0 Å². The normalized spacial score (nSPS) is 10.2. The van der Waals surface area contributed by atoms with Crippen LogP contribution in [0, 0.1) is 6.92 Å². The number of carbonyl (C=O) groups excluding carboxylic acids is 1. The third-order valence-electron chi connectivity index (χ3n) is 2.45. The molecule has 0 fully saturated rings. The highest BCUT2D eigenvalue weighted by Crippen LogP contribution is 2.35.